The van der Waals surface area contributed by atoms with Gasteiger partial charge in [0.2, 0.25) is 5.91 Å². The van der Waals surface area contributed by atoms with Crippen molar-refractivity contribution >= 4 is 5.91 Å². The second-order valence-corrected chi connectivity index (χ2v) is 5.92. The van der Waals surface area contributed by atoms with Crippen LogP contribution in [-0.2, 0) is 4.79 Å². The fraction of sp³-hybridized carbons (Fsp3) is 0.737. The van der Waals surface area contributed by atoms with Crippen molar-refractivity contribution < 1.29 is 15.0 Å². The van der Waals surface area contributed by atoms with Crippen LogP contribution in [0.3, 0.4) is 0 Å². The van der Waals surface area contributed by atoms with Gasteiger partial charge in [-0.1, -0.05) is 63.8 Å². The van der Waals surface area contributed by atoms with E-state index < -0.39 is 12.1 Å². The molecular formula is C19H35NO3. The third-order valence-electron chi connectivity index (χ3n) is 3.67. The molecule has 3 N–H and O–H groups in total. The van der Waals surface area contributed by atoms with E-state index >= 15 is 0 Å². The summed E-state index contributed by atoms with van der Waals surface area (Å²) in [5.41, 5.74) is 0. The predicted octanol–water partition coefficient (Wildman–Crippen LogP) is 3.49. The van der Waals surface area contributed by atoms with Gasteiger partial charge in [0, 0.05) is 6.42 Å². The number of carbonyl (C=O) groups is 1. The lowest BCUT2D eigenvalue weighted by Gasteiger charge is -2.19. The molecule has 0 fully saturated rings. The third-order valence-corrected chi connectivity index (χ3v) is 3.67. The molecule has 2 unspecified atom stereocenters. The zero-order chi connectivity index (χ0) is 17.3. The van der Waals surface area contributed by atoms with Crippen LogP contribution in [0.4, 0.5) is 0 Å². The van der Waals surface area contributed by atoms with Crippen molar-refractivity contribution in [3.05, 3.63) is 24.3 Å². The maximum atomic E-state index is 11.8. The van der Waals surface area contributed by atoms with Gasteiger partial charge >= 0.3 is 0 Å². The van der Waals surface area contributed by atoms with Crippen LogP contribution in [0.5, 0.6) is 0 Å². The van der Waals surface area contributed by atoms with Crippen LogP contribution in [0, 0.1) is 0 Å². The molecule has 0 heterocycles. The van der Waals surface area contributed by atoms with Crippen molar-refractivity contribution in [2.75, 3.05) is 6.61 Å². The van der Waals surface area contributed by atoms with Crippen LogP contribution in [0.1, 0.15) is 71.6 Å². The number of nitrogens with one attached hydrogen (secondary N) is 1. The lowest BCUT2D eigenvalue weighted by atomic mass is 10.1. The van der Waals surface area contributed by atoms with Gasteiger partial charge in [0.05, 0.1) is 18.8 Å². The number of aliphatic hydroxyl groups is 2. The van der Waals surface area contributed by atoms with Gasteiger partial charge < -0.3 is 15.5 Å². The van der Waals surface area contributed by atoms with Gasteiger partial charge in [-0.25, -0.2) is 0 Å². The topological polar surface area (TPSA) is 69.6 Å². The Bertz CT molecular complexity index is 340. The Labute approximate surface area is 141 Å². The lowest BCUT2D eigenvalue weighted by Crippen LogP contribution is -2.45. The highest BCUT2D eigenvalue weighted by molar-refractivity contribution is 5.76. The molecule has 0 aliphatic heterocycles. The molecule has 2 atom stereocenters. The van der Waals surface area contributed by atoms with Crippen molar-refractivity contribution in [3.8, 4) is 0 Å². The maximum absolute atomic E-state index is 11.8. The summed E-state index contributed by atoms with van der Waals surface area (Å²) in [5.74, 6) is -0.102. The Hall–Kier alpha value is -1.13. The minimum absolute atomic E-state index is 0.102. The molecule has 23 heavy (non-hydrogen) atoms. The fourth-order valence-electron chi connectivity index (χ4n) is 2.19. The Balaban J connectivity index is 4.00. The zero-order valence-corrected chi connectivity index (χ0v) is 14.8. The third kappa shape index (κ3) is 13.0. The molecular weight excluding hydrogens is 290 g/mol. The first-order chi connectivity index (χ1) is 11.2. The van der Waals surface area contributed by atoms with E-state index in [9.17, 15) is 15.0 Å². The number of amides is 1. The van der Waals surface area contributed by atoms with Crippen LogP contribution >= 0.6 is 0 Å². The van der Waals surface area contributed by atoms with E-state index in [0.717, 1.165) is 51.4 Å². The molecule has 0 bridgehead atoms. The average Bonchev–Trinajstić information content (AvgIpc) is 2.55. The number of hydrogen-bond acceptors (Lipinski definition) is 3. The highest BCUT2D eigenvalue weighted by Gasteiger charge is 2.17. The van der Waals surface area contributed by atoms with E-state index in [-0.39, 0.29) is 12.5 Å². The molecule has 0 aliphatic carbocycles. The van der Waals surface area contributed by atoms with Crippen molar-refractivity contribution in [1.29, 1.82) is 0 Å². The molecule has 0 aromatic rings. The van der Waals surface area contributed by atoms with Crippen LogP contribution in [0.2, 0.25) is 0 Å². The van der Waals surface area contributed by atoms with Gasteiger partial charge in [0.15, 0.2) is 0 Å². The van der Waals surface area contributed by atoms with Gasteiger partial charge in [-0.15, -0.1) is 0 Å². The summed E-state index contributed by atoms with van der Waals surface area (Å²) in [5, 5.41) is 22.1. The molecule has 0 spiro atoms. The highest BCUT2D eigenvalue weighted by atomic mass is 16.3. The van der Waals surface area contributed by atoms with E-state index in [2.05, 4.69) is 31.3 Å². The molecule has 1 amide bonds. The van der Waals surface area contributed by atoms with E-state index in [1.54, 1.807) is 6.08 Å². The molecule has 4 heteroatoms. The number of allylic oxidation sites excluding steroid dienone is 3. The van der Waals surface area contributed by atoms with E-state index in [1.807, 2.05) is 6.08 Å². The summed E-state index contributed by atoms with van der Waals surface area (Å²) in [4.78, 5) is 11.8. The monoisotopic (exact) mass is 325 g/mol. The van der Waals surface area contributed by atoms with Crippen LogP contribution < -0.4 is 5.32 Å². The first-order valence-electron chi connectivity index (χ1n) is 9.05. The molecule has 134 valence electrons. The summed E-state index contributed by atoms with van der Waals surface area (Å²) in [6.45, 7) is 4.01. The largest absolute Gasteiger partial charge is 0.394 e. The second kappa shape index (κ2) is 15.8. The standard InChI is InChI=1S/C19H35NO3/c1-3-5-7-9-10-11-12-14-18(22)17(16-21)20-19(23)15-13-8-6-4-2/h7,9,12,14,17-18,21-22H,3-6,8,10-11,13,15-16H2,1-2H3,(H,20,23)/b9-7+,14-12+. The molecule has 0 aromatic carbocycles. The van der Waals surface area contributed by atoms with E-state index in [0.29, 0.717) is 6.42 Å². The first-order valence-corrected chi connectivity index (χ1v) is 9.05. The summed E-state index contributed by atoms with van der Waals surface area (Å²) < 4.78 is 0. The number of rotatable bonds is 14. The SMILES string of the molecule is CCC/C=C/CC/C=C/C(O)C(CO)NC(=O)CCCCCC. The molecule has 4 nitrogen and oxygen atoms in total. The number of aliphatic hydroxyl groups excluding tert-OH is 2. The van der Waals surface area contributed by atoms with Crippen molar-refractivity contribution in [3.63, 3.8) is 0 Å². The smallest absolute Gasteiger partial charge is 0.220 e. The van der Waals surface area contributed by atoms with Gasteiger partial charge in [-0.3, -0.25) is 4.79 Å². The van der Waals surface area contributed by atoms with Crippen molar-refractivity contribution in [2.45, 2.75) is 83.8 Å². The number of hydrogen-bond donors (Lipinski definition) is 3. The molecule has 0 aliphatic rings. The Morgan fingerprint density at radius 3 is 2.35 bits per heavy atom. The van der Waals surface area contributed by atoms with Crippen LogP contribution in [0.15, 0.2) is 24.3 Å². The normalized spacial score (nSPS) is 14.4. The molecule has 0 rings (SSSR count). The maximum Gasteiger partial charge on any atom is 0.220 e. The van der Waals surface area contributed by atoms with Gasteiger partial charge in [-0.2, -0.15) is 0 Å². The van der Waals surface area contributed by atoms with Crippen LogP contribution in [-0.4, -0.2) is 34.9 Å². The second-order valence-electron chi connectivity index (χ2n) is 5.92. The molecule has 0 radical (unpaired) electrons. The van der Waals surface area contributed by atoms with Gasteiger partial charge in [-0.05, 0) is 25.7 Å². The van der Waals surface area contributed by atoms with Crippen LogP contribution in [0.25, 0.3) is 0 Å². The fourth-order valence-corrected chi connectivity index (χ4v) is 2.19. The number of unbranched alkanes of at least 4 members (excludes halogenated alkanes) is 5. The van der Waals surface area contributed by atoms with Crippen molar-refractivity contribution in [1.82, 2.24) is 5.32 Å². The van der Waals surface area contributed by atoms with Gasteiger partial charge in [0.25, 0.3) is 0 Å². The van der Waals surface area contributed by atoms with E-state index in [1.165, 1.54) is 0 Å². The summed E-state index contributed by atoms with van der Waals surface area (Å²) in [6.07, 6.45) is 15.7. The minimum Gasteiger partial charge on any atom is -0.394 e. The predicted molar refractivity (Wildman–Crippen MR) is 96.2 cm³/mol. The summed E-state index contributed by atoms with van der Waals surface area (Å²) in [6, 6.07) is -0.624. The first kappa shape index (κ1) is 21.9. The summed E-state index contributed by atoms with van der Waals surface area (Å²) >= 11 is 0. The Morgan fingerprint density at radius 2 is 1.70 bits per heavy atom. The molecule has 0 saturated carbocycles. The lowest BCUT2D eigenvalue weighted by molar-refractivity contribution is -0.123. The van der Waals surface area contributed by atoms with E-state index in [4.69, 9.17) is 0 Å². The molecule has 0 aromatic heterocycles. The summed E-state index contributed by atoms with van der Waals surface area (Å²) in [7, 11) is 0. The van der Waals surface area contributed by atoms with Gasteiger partial charge in [0.1, 0.15) is 0 Å². The average molecular weight is 325 g/mol. The zero-order valence-electron chi connectivity index (χ0n) is 14.8. The van der Waals surface area contributed by atoms with Crippen molar-refractivity contribution in [2.24, 2.45) is 0 Å². The minimum atomic E-state index is -0.848. The number of carbonyl (C=O) groups excluding carboxylic acids is 1. The highest BCUT2D eigenvalue weighted by Crippen LogP contribution is 2.04. The Kier molecular flexibility index (Phi) is 15.0. The Morgan fingerprint density at radius 1 is 1.00 bits per heavy atom. The quantitative estimate of drug-likeness (QED) is 0.338. The molecule has 0 saturated heterocycles.